The van der Waals surface area contributed by atoms with Gasteiger partial charge in [-0.05, 0) is 60.9 Å². The van der Waals surface area contributed by atoms with Crippen molar-refractivity contribution in [1.82, 2.24) is 20.3 Å². The molecule has 7 heteroatoms. The average molecular weight is 378 g/mol. The summed E-state index contributed by atoms with van der Waals surface area (Å²) < 4.78 is 1.62. The van der Waals surface area contributed by atoms with Gasteiger partial charge in [0.05, 0.1) is 5.52 Å². The van der Waals surface area contributed by atoms with E-state index in [2.05, 4.69) is 27.8 Å². The second-order valence-electron chi connectivity index (χ2n) is 7.30. The number of hydrogen-bond donors (Lipinski definition) is 2. The summed E-state index contributed by atoms with van der Waals surface area (Å²) in [5.74, 6) is -1.30. The predicted molar refractivity (Wildman–Crippen MR) is 104 cm³/mol. The predicted octanol–water partition coefficient (Wildman–Crippen LogP) is 2.66. The van der Waals surface area contributed by atoms with E-state index in [0.717, 1.165) is 24.8 Å². The van der Waals surface area contributed by atoms with Crippen molar-refractivity contribution >= 4 is 22.9 Å². The van der Waals surface area contributed by atoms with Crippen molar-refractivity contribution in [2.45, 2.75) is 37.6 Å². The van der Waals surface area contributed by atoms with E-state index in [-0.39, 0.29) is 5.92 Å². The first kappa shape index (κ1) is 18.2. The SMILES string of the molecule is Cn1nnc2cc(C(=O)NC(CC3CCCc4ccccc43)C(=O)O)ccc21. The minimum absolute atomic E-state index is 0.133. The van der Waals surface area contributed by atoms with E-state index in [1.807, 2.05) is 12.1 Å². The fraction of sp³-hybridized carbons (Fsp3) is 0.333. The third-order valence-electron chi connectivity index (χ3n) is 5.49. The van der Waals surface area contributed by atoms with Crippen LogP contribution in [0.4, 0.5) is 0 Å². The van der Waals surface area contributed by atoms with Crippen LogP contribution in [0.5, 0.6) is 0 Å². The van der Waals surface area contributed by atoms with Gasteiger partial charge in [-0.25, -0.2) is 9.48 Å². The van der Waals surface area contributed by atoms with E-state index in [9.17, 15) is 14.7 Å². The van der Waals surface area contributed by atoms with Crippen LogP contribution in [0.25, 0.3) is 11.0 Å². The number of nitrogens with one attached hydrogen (secondary N) is 1. The van der Waals surface area contributed by atoms with Gasteiger partial charge in [-0.3, -0.25) is 4.79 Å². The van der Waals surface area contributed by atoms with E-state index in [0.29, 0.717) is 17.5 Å². The number of aromatic nitrogens is 3. The molecule has 1 amide bonds. The molecule has 2 atom stereocenters. The van der Waals surface area contributed by atoms with Crippen molar-refractivity contribution in [2.24, 2.45) is 7.05 Å². The number of aliphatic carboxylic acids is 1. The molecule has 0 aliphatic heterocycles. The van der Waals surface area contributed by atoms with E-state index in [1.54, 1.807) is 29.9 Å². The van der Waals surface area contributed by atoms with Crippen molar-refractivity contribution in [1.29, 1.82) is 0 Å². The van der Waals surface area contributed by atoms with Crippen molar-refractivity contribution in [3.05, 3.63) is 59.2 Å². The fourth-order valence-electron chi connectivity index (χ4n) is 4.03. The first-order chi connectivity index (χ1) is 13.5. The summed E-state index contributed by atoms with van der Waals surface area (Å²) in [6.07, 6.45) is 3.37. The summed E-state index contributed by atoms with van der Waals surface area (Å²) in [4.78, 5) is 24.5. The van der Waals surface area contributed by atoms with Gasteiger partial charge in [0.25, 0.3) is 5.91 Å². The number of carbonyl (C=O) groups excluding carboxylic acids is 1. The van der Waals surface area contributed by atoms with Crippen LogP contribution in [-0.2, 0) is 18.3 Å². The van der Waals surface area contributed by atoms with Gasteiger partial charge in [0.2, 0.25) is 0 Å². The maximum absolute atomic E-state index is 12.7. The maximum Gasteiger partial charge on any atom is 0.326 e. The van der Waals surface area contributed by atoms with Gasteiger partial charge < -0.3 is 10.4 Å². The van der Waals surface area contributed by atoms with Crippen molar-refractivity contribution in [3.63, 3.8) is 0 Å². The third kappa shape index (κ3) is 3.47. The van der Waals surface area contributed by atoms with E-state index in [4.69, 9.17) is 0 Å². The lowest BCUT2D eigenvalue weighted by Gasteiger charge is -2.28. The van der Waals surface area contributed by atoms with Crippen molar-refractivity contribution < 1.29 is 14.7 Å². The monoisotopic (exact) mass is 378 g/mol. The topological polar surface area (TPSA) is 97.1 Å². The lowest BCUT2D eigenvalue weighted by Crippen LogP contribution is -2.42. The molecule has 1 heterocycles. The molecule has 3 aromatic rings. The first-order valence-electron chi connectivity index (χ1n) is 9.44. The second kappa shape index (κ2) is 7.42. The summed E-state index contributed by atoms with van der Waals surface area (Å²) in [6.45, 7) is 0. The van der Waals surface area contributed by atoms with Crippen LogP contribution in [0.3, 0.4) is 0 Å². The lowest BCUT2D eigenvalue weighted by molar-refractivity contribution is -0.139. The lowest BCUT2D eigenvalue weighted by atomic mass is 9.79. The van der Waals surface area contributed by atoms with Crippen molar-refractivity contribution in [3.8, 4) is 0 Å². The van der Waals surface area contributed by atoms with Crippen LogP contribution in [0.1, 0.15) is 46.7 Å². The molecule has 1 aliphatic carbocycles. The molecule has 28 heavy (non-hydrogen) atoms. The van der Waals surface area contributed by atoms with Crippen molar-refractivity contribution in [2.75, 3.05) is 0 Å². The van der Waals surface area contributed by atoms with Crippen LogP contribution >= 0.6 is 0 Å². The highest BCUT2D eigenvalue weighted by Gasteiger charge is 2.28. The summed E-state index contributed by atoms with van der Waals surface area (Å²) in [5, 5.41) is 20.3. The third-order valence-corrected chi connectivity index (χ3v) is 5.49. The molecule has 0 spiro atoms. The van der Waals surface area contributed by atoms with Gasteiger partial charge in [-0.15, -0.1) is 5.10 Å². The minimum Gasteiger partial charge on any atom is -0.480 e. The van der Waals surface area contributed by atoms with Crippen LogP contribution in [0.2, 0.25) is 0 Å². The number of carboxylic acid groups (broad SMARTS) is 1. The molecule has 0 saturated carbocycles. The minimum atomic E-state index is -1.02. The standard InChI is InChI=1S/C21H22N4O3/c1-25-19-10-9-15(12-17(19)23-24-25)20(26)22-18(21(27)28)11-14-7-4-6-13-5-2-3-8-16(13)14/h2-3,5,8-10,12,14,18H,4,6-7,11H2,1H3,(H,22,26)(H,27,28). The average Bonchev–Trinajstić information content (AvgIpc) is 3.08. The van der Waals surface area contributed by atoms with Gasteiger partial charge in [0.1, 0.15) is 11.6 Å². The van der Waals surface area contributed by atoms with Crippen LogP contribution in [-0.4, -0.2) is 38.0 Å². The Morgan fingerprint density at radius 1 is 1.29 bits per heavy atom. The quantitative estimate of drug-likeness (QED) is 0.711. The highest BCUT2D eigenvalue weighted by molar-refractivity contribution is 5.99. The Kier molecular flexibility index (Phi) is 4.81. The fourth-order valence-corrected chi connectivity index (χ4v) is 4.03. The Hall–Kier alpha value is -3.22. The first-order valence-corrected chi connectivity index (χ1v) is 9.44. The molecular formula is C21H22N4O3. The van der Waals surface area contributed by atoms with Gasteiger partial charge in [-0.2, -0.15) is 0 Å². The number of rotatable bonds is 5. The zero-order valence-corrected chi connectivity index (χ0v) is 15.6. The highest BCUT2D eigenvalue weighted by Crippen LogP contribution is 2.34. The zero-order chi connectivity index (χ0) is 19.7. The summed E-state index contributed by atoms with van der Waals surface area (Å²) in [5.41, 5.74) is 4.27. The molecule has 0 bridgehead atoms. The maximum atomic E-state index is 12.7. The molecule has 2 N–H and O–H groups in total. The number of carboxylic acids is 1. The molecule has 1 aliphatic rings. The van der Waals surface area contributed by atoms with Crippen LogP contribution in [0.15, 0.2) is 42.5 Å². The molecule has 7 nitrogen and oxygen atoms in total. The van der Waals surface area contributed by atoms with Gasteiger partial charge in [0.15, 0.2) is 0 Å². The zero-order valence-electron chi connectivity index (χ0n) is 15.6. The Morgan fingerprint density at radius 3 is 2.93 bits per heavy atom. The number of amides is 1. The molecule has 0 saturated heterocycles. The van der Waals surface area contributed by atoms with Gasteiger partial charge in [-0.1, -0.05) is 29.5 Å². The molecule has 144 valence electrons. The number of fused-ring (bicyclic) bond motifs is 2. The molecule has 2 unspecified atom stereocenters. The van der Waals surface area contributed by atoms with E-state index >= 15 is 0 Å². The second-order valence-corrected chi connectivity index (χ2v) is 7.30. The Labute approximate surface area is 162 Å². The number of benzene rings is 2. The summed E-state index contributed by atoms with van der Waals surface area (Å²) in [7, 11) is 1.78. The molecule has 0 radical (unpaired) electrons. The smallest absolute Gasteiger partial charge is 0.326 e. The molecule has 2 aromatic carbocycles. The Balaban J connectivity index is 1.52. The Bertz CT molecular complexity index is 1040. The van der Waals surface area contributed by atoms with Crippen LogP contribution in [0, 0.1) is 0 Å². The van der Waals surface area contributed by atoms with Crippen LogP contribution < -0.4 is 5.32 Å². The molecule has 0 fully saturated rings. The molecular weight excluding hydrogens is 356 g/mol. The summed E-state index contributed by atoms with van der Waals surface area (Å²) in [6, 6.07) is 12.3. The summed E-state index contributed by atoms with van der Waals surface area (Å²) >= 11 is 0. The molecule has 4 rings (SSSR count). The highest BCUT2D eigenvalue weighted by atomic mass is 16.4. The van der Waals surface area contributed by atoms with E-state index < -0.39 is 17.9 Å². The Morgan fingerprint density at radius 2 is 2.11 bits per heavy atom. The molecule has 1 aromatic heterocycles. The normalized spacial score (nSPS) is 17.1. The largest absolute Gasteiger partial charge is 0.480 e. The number of carbonyl (C=O) groups is 2. The van der Waals surface area contributed by atoms with Gasteiger partial charge >= 0.3 is 5.97 Å². The number of hydrogen-bond acceptors (Lipinski definition) is 4. The van der Waals surface area contributed by atoms with Gasteiger partial charge in [0, 0.05) is 12.6 Å². The van der Waals surface area contributed by atoms with E-state index in [1.165, 1.54) is 11.1 Å². The number of nitrogens with zero attached hydrogens (tertiary/aromatic N) is 3. The number of aryl methyl sites for hydroxylation is 2.